The fourth-order valence-electron chi connectivity index (χ4n) is 2.33. The Kier molecular flexibility index (Phi) is 4.63. The molecule has 2 N–H and O–H groups in total. The van der Waals surface area contributed by atoms with Gasteiger partial charge in [0.15, 0.2) is 0 Å². The molecule has 0 bridgehead atoms. The first kappa shape index (κ1) is 12.7. The summed E-state index contributed by atoms with van der Waals surface area (Å²) >= 11 is 0. The van der Waals surface area contributed by atoms with E-state index in [9.17, 15) is 0 Å². The molecule has 3 nitrogen and oxygen atoms in total. The lowest BCUT2D eigenvalue weighted by atomic mass is 10.1. The summed E-state index contributed by atoms with van der Waals surface area (Å²) in [5, 5.41) is 3.45. The third kappa shape index (κ3) is 4.17. The number of hydrogen-bond donors (Lipinski definition) is 2. The van der Waals surface area contributed by atoms with E-state index in [1.54, 1.807) is 0 Å². The molecule has 0 spiro atoms. The Morgan fingerprint density at radius 3 is 2.94 bits per heavy atom. The normalized spacial score (nSPS) is 20.3. The Morgan fingerprint density at radius 1 is 1.41 bits per heavy atom. The van der Waals surface area contributed by atoms with Crippen LogP contribution in [0.15, 0.2) is 12.1 Å². The fraction of sp³-hybridized carbons (Fsp3) is 0.714. The molecule has 0 amide bonds. The van der Waals surface area contributed by atoms with Gasteiger partial charge in [0.05, 0.1) is 6.10 Å². The molecule has 1 fully saturated rings. The Labute approximate surface area is 104 Å². The maximum absolute atomic E-state index is 5.58. The molecule has 96 valence electrons. The molecule has 1 aromatic heterocycles. The van der Waals surface area contributed by atoms with Crippen molar-refractivity contribution in [3.05, 3.63) is 23.5 Å². The van der Waals surface area contributed by atoms with Crippen molar-refractivity contribution in [2.24, 2.45) is 5.92 Å². The molecule has 0 radical (unpaired) electrons. The molecule has 1 aromatic rings. The summed E-state index contributed by atoms with van der Waals surface area (Å²) in [7, 11) is 0. The molecule has 1 saturated heterocycles. The van der Waals surface area contributed by atoms with E-state index in [4.69, 9.17) is 4.74 Å². The number of ether oxygens (including phenoxy) is 1. The van der Waals surface area contributed by atoms with Crippen LogP contribution in [0.3, 0.4) is 0 Å². The highest BCUT2D eigenvalue weighted by Crippen LogP contribution is 2.11. The first-order valence-corrected chi connectivity index (χ1v) is 6.73. The summed E-state index contributed by atoms with van der Waals surface area (Å²) in [4.78, 5) is 3.47. The lowest BCUT2D eigenvalue weighted by molar-refractivity contribution is 0.110. The van der Waals surface area contributed by atoms with Gasteiger partial charge in [0.2, 0.25) is 0 Å². The van der Waals surface area contributed by atoms with Gasteiger partial charge in [-0.2, -0.15) is 0 Å². The molecule has 17 heavy (non-hydrogen) atoms. The van der Waals surface area contributed by atoms with E-state index in [1.807, 2.05) is 0 Å². The number of aromatic nitrogens is 1. The molecule has 3 heteroatoms. The largest absolute Gasteiger partial charge is 0.377 e. The highest BCUT2D eigenvalue weighted by Gasteiger charge is 2.14. The zero-order valence-corrected chi connectivity index (χ0v) is 11.0. The van der Waals surface area contributed by atoms with Crippen molar-refractivity contribution in [1.29, 1.82) is 0 Å². The fourth-order valence-corrected chi connectivity index (χ4v) is 2.33. The third-order valence-electron chi connectivity index (χ3n) is 3.15. The van der Waals surface area contributed by atoms with Crippen LogP contribution in [-0.4, -0.2) is 24.2 Å². The second-order valence-electron chi connectivity index (χ2n) is 5.37. The molecular weight excluding hydrogens is 212 g/mol. The maximum atomic E-state index is 5.58. The average Bonchev–Trinajstić information content (AvgIpc) is 2.89. The lowest BCUT2D eigenvalue weighted by Gasteiger charge is -2.09. The standard InChI is InChI=1S/C14H24N2O/c1-11(2)8-12-5-6-13(16-12)9-15-10-14-4-3-7-17-14/h5-6,11,14-16H,3-4,7-10H2,1-2H3. The molecule has 1 aliphatic rings. The Hall–Kier alpha value is -0.800. The zero-order valence-electron chi connectivity index (χ0n) is 11.0. The predicted molar refractivity (Wildman–Crippen MR) is 70.0 cm³/mol. The second-order valence-corrected chi connectivity index (χ2v) is 5.37. The van der Waals surface area contributed by atoms with Gasteiger partial charge < -0.3 is 15.0 Å². The summed E-state index contributed by atoms with van der Waals surface area (Å²) in [6, 6.07) is 4.38. The van der Waals surface area contributed by atoms with Crippen molar-refractivity contribution in [3.8, 4) is 0 Å². The first-order chi connectivity index (χ1) is 8.24. The van der Waals surface area contributed by atoms with Crippen molar-refractivity contribution in [1.82, 2.24) is 10.3 Å². The van der Waals surface area contributed by atoms with Crippen LogP contribution in [0.1, 0.15) is 38.1 Å². The van der Waals surface area contributed by atoms with E-state index < -0.39 is 0 Å². The smallest absolute Gasteiger partial charge is 0.0700 e. The van der Waals surface area contributed by atoms with Gasteiger partial charge in [-0.3, -0.25) is 0 Å². The van der Waals surface area contributed by atoms with E-state index in [0.29, 0.717) is 12.0 Å². The summed E-state index contributed by atoms with van der Waals surface area (Å²) in [6.07, 6.45) is 3.98. The van der Waals surface area contributed by atoms with Crippen LogP contribution >= 0.6 is 0 Å². The maximum Gasteiger partial charge on any atom is 0.0700 e. The topological polar surface area (TPSA) is 37.0 Å². The molecule has 1 unspecified atom stereocenters. The van der Waals surface area contributed by atoms with Crippen molar-refractivity contribution in [3.63, 3.8) is 0 Å². The number of rotatable bonds is 6. The monoisotopic (exact) mass is 236 g/mol. The van der Waals surface area contributed by atoms with Crippen molar-refractivity contribution in [2.75, 3.05) is 13.2 Å². The molecule has 0 aliphatic carbocycles. The Bertz CT molecular complexity index is 327. The van der Waals surface area contributed by atoms with Crippen LogP contribution < -0.4 is 5.32 Å². The number of nitrogens with one attached hydrogen (secondary N) is 2. The van der Waals surface area contributed by atoms with Crippen LogP contribution in [0.4, 0.5) is 0 Å². The van der Waals surface area contributed by atoms with E-state index in [1.165, 1.54) is 24.2 Å². The summed E-state index contributed by atoms with van der Waals surface area (Å²) in [6.45, 7) is 7.32. The van der Waals surface area contributed by atoms with Gasteiger partial charge in [0.25, 0.3) is 0 Å². The number of aromatic amines is 1. The minimum atomic E-state index is 0.431. The summed E-state index contributed by atoms with van der Waals surface area (Å²) in [5.74, 6) is 0.710. The van der Waals surface area contributed by atoms with Gasteiger partial charge in [-0.15, -0.1) is 0 Å². The van der Waals surface area contributed by atoms with Gasteiger partial charge in [0, 0.05) is 31.1 Å². The molecule has 1 aliphatic heterocycles. The molecule has 0 saturated carbocycles. The van der Waals surface area contributed by atoms with E-state index in [-0.39, 0.29) is 0 Å². The minimum Gasteiger partial charge on any atom is -0.377 e. The lowest BCUT2D eigenvalue weighted by Crippen LogP contribution is -2.25. The average molecular weight is 236 g/mol. The first-order valence-electron chi connectivity index (χ1n) is 6.73. The van der Waals surface area contributed by atoms with E-state index in [2.05, 4.69) is 36.3 Å². The molecular formula is C14H24N2O. The van der Waals surface area contributed by atoms with E-state index in [0.717, 1.165) is 26.1 Å². The van der Waals surface area contributed by atoms with Gasteiger partial charge in [0.1, 0.15) is 0 Å². The minimum absolute atomic E-state index is 0.431. The van der Waals surface area contributed by atoms with Crippen molar-refractivity contribution >= 4 is 0 Å². The van der Waals surface area contributed by atoms with Crippen molar-refractivity contribution in [2.45, 2.75) is 45.8 Å². The third-order valence-corrected chi connectivity index (χ3v) is 3.15. The van der Waals surface area contributed by atoms with Gasteiger partial charge in [-0.05, 0) is 37.3 Å². The second kappa shape index (κ2) is 6.22. The quantitative estimate of drug-likeness (QED) is 0.796. The van der Waals surface area contributed by atoms with Crippen LogP contribution in [-0.2, 0) is 17.7 Å². The van der Waals surface area contributed by atoms with Crippen LogP contribution in [0.5, 0.6) is 0 Å². The Morgan fingerprint density at radius 2 is 2.24 bits per heavy atom. The Balaban J connectivity index is 1.69. The zero-order chi connectivity index (χ0) is 12.1. The van der Waals surface area contributed by atoms with Crippen LogP contribution in [0.2, 0.25) is 0 Å². The van der Waals surface area contributed by atoms with Crippen LogP contribution in [0, 0.1) is 5.92 Å². The highest BCUT2D eigenvalue weighted by molar-refractivity contribution is 5.13. The molecule has 1 atom stereocenters. The van der Waals surface area contributed by atoms with E-state index >= 15 is 0 Å². The van der Waals surface area contributed by atoms with Gasteiger partial charge in [-0.25, -0.2) is 0 Å². The molecule has 2 rings (SSSR count). The molecule has 0 aromatic carbocycles. The van der Waals surface area contributed by atoms with Gasteiger partial charge in [-0.1, -0.05) is 13.8 Å². The summed E-state index contributed by atoms with van der Waals surface area (Å²) < 4.78 is 5.58. The number of hydrogen-bond acceptors (Lipinski definition) is 2. The predicted octanol–water partition coefficient (Wildman–Crippen LogP) is 2.48. The highest BCUT2D eigenvalue weighted by atomic mass is 16.5. The summed E-state index contributed by atoms with van der Waals surface area (Å²) in [5.41, 5.74) is 2.62. The number of H-pyrrole nitrogens is 1. The SMILES string of the molecule is CC(C)Cc1ccc(CNCC2CCCO2)[nH]1. The van der Waals surface area contributed by atoms with Crippen LogP contribution in [0.25, 0.3) is 0 Å². The molecule has 2 heterocycles. The van der Waals surface area contributed by atoms with Gasteiger partial charge >= 0.3 is 0 Å². The van der Waals surface area contributed by atoms with Crippen molar-refractivity contribution < 1.29 is 4.74 Å².